The van der Waals surface area contributed by atoms with Gasteiger partial charge in [0.05, 0.1) is 19.8 Å². The fraction of sp³-hybridized carbons (Fsp3) is 0.231. The molecule has 32 heavy (non-hydrogen) atoms. The molecule has 0 saturated carbocycles. The number of cyclic esters (lactones) is 1. The number of fused-ring (bicyclic) bond motifs is 1. The van der Waals surface area contributed by atoms with Crippen LogP contribution in [0.25, 0.3) is 0 Å². The highest BCUT2D eigenvalue weighted by Crippen LogP contribution is 2.31. The Morgan fingerprint density at radius 3 is 2.53 bits per heavy atom. The lowest BCUT2D eigenvalue weighted by Gasteiger charge is -2.25. The molecule has 6 nitrogen and oxygen atoms in total. The van der Waals surface area contributed by atoms with E-state index in [0.717, 1.165) is 16.7 Å². The molecule has 164 valence electrons. The zero-order valence-electron chi connectivity index (χ0n) is 18.1. The van der Waals surface area contributed by atoms with E-state index in [2.05, 4.69) is 5.32 Å². The summed E-state index contributed by atoms with van der Waals surface area (Å²) in [6.07, 6.45) is 0.844. The number of amides is 1. The van der Waals surface area contributed by atoms with Crippen LogP contribution in [-0.2, 0) is 17.6 Å². The van der Waals surface area contributed by atoms with Crippen molar-refractivity contribution in [3.63, 3.8) is 0 Å². The van der Waals surface area contributed by atoms with E-state index in [1.807, 2.05) is 48.5 Å². The van der Waals surface area contributed by atoms with E-state index in [-0.39, 0.29) is 18.0 Å². The Morgan fingerprint density at radius 1 is 1.00 bits per heavy atom. The molecular formula is C26H25NO5. The maximum absolute atomic E-state index is 12.7. The van der Waals surface area contributed by atoms with Crippen LogP contribution in [0, 0.1) is 0 Å². The van der Waals surface area contributed by atoms with Crippen molar-refractivity contribution < 1.29 is 23.8 Å². The molecule has 0 aromatic heterocycles. The first-order chi connectivity index (χ1) is 15.6. The van der Waals surface area contributed by atoms with Crippen molar-refractivity contribution in [3.05, 3.63) is 94.5 Å². The van der Waals surface area contributed by atoms with E-state index in [1.54, 1.807) is 32.4 Å². The summed E-state index contributed by atoms with van der Waals surface area (Å²) in [5.41, 5.74) is 3.83. The quantitative estimate of drug-likeness (QED) is 0.570. The number of carbonyl (C=O) groups is 2. The van der Waals surface area contributed by atoms with Crippen molar-refractivity contribution in [3.8, 4) is 11.5 Å². The fourth-order valence-corrected chi connectivity index (χ4v) is 3.85. The Hall–Kier alpha value is -3.80. The van der Waals surface area contributed by atoms with Crippen LogP contribution in [0.4, 0.5) is 0 Å². The van der Waals surface area contributed by atoms with Crippen LogP contribution in [0.15, 0.2) is 66.7 Å². The number of rotatable bonds is 7. The van der Waals surface area contributed by atoms with Gasteiger partial charge in [-0.3, -0.25) is 4.79 Å². The number of hydrogen-bond donors (Lipinski definition) is 1. The molecule has 0 fully saturated rings. The SMILES string of the molecule is COc1ccc(CCNC(=O)c2ccc3c(c2)C[C@H](c2ccccc2)OC3=O)cc1OC. The number of nitrogens with one attached hydrogen (secondary N) is 1. The summed E-state index contributed by atoms with van der Waals surface area (Å²) in [6.45, 7) is 0.472. The summed E-state index contributed by atoms with van der Waals surface area (Å²) in [6, 6.07) is 20.5. The molecule has 1 amide bonds. The Kier molecular flexibility index (Phi) is 6.40. The van der Waals surface area contributed by atoms with E-state index in [1.165, 1.54) is 0 Å². The standard InChI is InChI=1S/C26H25NO5/c1-30-22-11-8-17(14-24(22)31-2)12-13-27-25(28)19-9-10-21-20(15-19)16-23(32-26(21)29)18-6-4-3-5-7-18/h3-11,14-15,23H,12-13,16H2,1-2H3,(H,27,28)/t23-/m1/s1. The number of ether oxygens (including phenoxy) is 3. The van der Waals surface area contributed by atoms with Crippen LogP contribution in [0.5, 0.6) is 11.5 Å². The molecule has 4 rings (SSSR count). The molecule has 0 spiro atoms. The third-order valence-corrected chi connectivity index (χ3v) is 5.56. The molecule has 1 aliphatic heterocycles. The van der Waals surface area contributed by atoms with Gasteiger partial charge in [0.25, 0.3) is 5.91 Å². The zero-order valence-corrected chi connectivity index (χ0v) is 18.1. The van der Waals surface area contributed by atoms with Gasteiger partial charge in [-0.2, -0.15) is 0 Å². The summed E-state index contributed by atoms with van der Waals surface area (Å²) >= 11 is 0. The van der Waals surface area contributed by atoms with Crippen molar-refractivity contribution >= 4 is 11.9 Å². The van der Waals surface area contributed by atoms with Gasteiger partial charge < -0.3 is 19.5 Å². The molecule has 0 aliphatic carbocycles. The summed E-state index contributed by atoms with van der Waals surface area (Å²) in [5.74, 6) is 0.788. The summed E-state index contributed by atoms with van der Waals surface area (Å²) in [4.78, 5) is 25.1. The lowest BCUT2D eigenvalue weighted by atomic mass is 9.93. The lowest BCUT2D eigenvalue weighted by Crippen LogP contribution is -2.27. The fourth-order valence-electron chi connectivity index (χ4n) is 3.85. The molecule has 0 radical (unpaired) electrons. The van der Waals surface area contributed by atoms with Crippen LogP contribution in [0.1, 0.15) is 43.5 Å². The van der Waals surface area contributed by atoms with Gasteiger partial charge in [-0.15, -0.1) is 0 Å². The smallest absolute Gasteiger partial charge is 0.339 e. The first kappa shape index (κ1) is 21.4. The highest BCUT2D eigenvalue weighted by atomic mass is 16.5. The number of methoxy groups -OCH3 is 2. The van der Waals surface area contributed by atoms with Gasteiger partial charge in [0.2, 0.25) is 0 Å². The Balaban J connectivity index is 1.41. The molecule has 1 heterocycles. The molecule has 1 N–H and O–H groups in total. The number of carbonyl (C=O) groups excluding carboxylic acids is 2. The van der Waals surface area contributed by atoms with Crippen molar-refractivity contribution in [1.29, 1.82) is 0 Å². The van der Waals surface area contributed by atoms with Gasteiger partial charge in [0.1, 0.15) is 6.10 Å². The van der Waals surface area contributed by atoms with Gasteiger partial charge in [-0.25, -0.2) is 4.79 Å². The zero-order chi connectivity index (χ0) is 22.5. The minimum absolute atomic E-state index is 0.177. The second-order valence-electron chi connectivity index (χ2n) is 7.58. The predicted molar refractivity (Wildman–Crippen MR) is 120 cm³/mol. The van der Waals surface area contributed by atoms with Crippen LogP contribution in [-0.4, -0.2) is 32.6 Å². The lowest BCUT2D eigenvalue weighted by molar-refractivity contribution is 0.0252. The second kappa shape index (κ2) is 9.56. The van der Waals surface area contributed by atoms with Gasteiger partial charge in [-0.1, -0.05) is 36.4 Å². The molecule has 3 aromatic carbocycles. The maximum Gasteiger partial charge on any atom is 0.339 e. The Morgan fingerprint density at radius 2 is 1.78 bits per heavy atom. The minimum atomic E-state index is -0.361. The van der Waals surface area contributed by atoms with Crippen molar-refractivity contribution in [2.24, 2.45) is 0 Å². The highest BCUT2D eigenvalue weighted by molar-refractivity contribution is 5.97. The Labute approximate surface area is 187 Å². The first-order valence-electron chi connectivity index (χ1n) is 10.5. The van der Waals surface area contributed by atoms with Gasteiger partial charge in [-0.05, 0) is 53.4 Å². The van der Waals surface area contributed by atoms with Crippen LogP contribution in [0.2, 0.25) is 0 Å². The van der Waals surface area contributed by atoms with E-state index >= 15 is 0 Å². The van der Waals surface area contributed by atoms with Gasteiger partial charge >= 0.3 is 5.97 Å². The normalized spacial score (nSPS) is 14.8. The average Bonchev–Trinajstić information content (AvgIpc) is 2.84. The average molecular weight is 431 g/mol. The number of hydrogen-bond acceptors (Lipinski definition) is 5. The van der Waals surface area contributed by atoms with Gasteiger partial charge in [0.15, 0.2) is 11.5 Å². The second-order valence-corrected chi connectivity index (χ2v) is 7.58. The molecule has 0 saturated heterocycles. The predicted octanol–water partition coefficient (Wildman–Crippen LogP) is 4.13. The van der Waals surface area contributed by atoms with Gasteiger partial charge in [0, 0.05) is 18.5 Å². The van der Waals surface area contributed by atoms with Crippen molar-refractivity contribution in [2.45, 2.75) is 18.9 Å². The third-order valence-electron chi connectivity index (χ3n) is 5.56. The summed E-state index contributed by atoms with van der Waals surface area (Å²) in [7, 11) is 3.19. The van der Waals surface area contributed by atoms with Crippen molar-refractivity contribution in [1.82, 2.24) is 5.32 Å². The first-order valence-corrected chi connectivity index (χ1v) is 10.5. The molecule has 0 unspecified atom stereocenters. The van der Waals surface area contributed by atoms with E-state index in [4.69, 9.17) is 14.2 Å². The van der Waals surface area contributed by atoms with E-state index in [9.17, 15) is 9.59 Å². The monoisotopic (exact) mass is 431 g/mol. The molecule has 1 atom stereocenters. The van der Waals surface area contributed by atoms with Crippen molar-refractivity contribution in [2.75, 3.05) is 20.8 Å². The summed E-state index contributed by atoms with van der Waals surface area (Å²) in [5, 5.41) is 2.95. The Bertz CT molecular complexity index is 1130. The number of esters is 1. The molecule has 3 aromatic rings. The minimum Gasteiger partial charge on any atom is -0.493 e. The van der Waals surface area contributed by atoms with Crippen LogP contribution >= 0.6 is 0 Å². The van der Waals surface area contributed by atoms with Crippen LogP contribution < -0.4 is 14.8 Å². The maximum atomic E-state index is 12.7. The summed E-state index contributed by atoms with van der Waals surface area (Å²) < 4.78 is 16.2. The molecule has 6 heteroatoms. The molecule has 1 aliphatic rings. The highest BCUT2D eigenvalue weighted by Gasteiger charge is 2.28. The van der Waals surface area contributed by atoms with Crippen LogP contribution in [0.3, 0.4) is 0 Å². The number of benzene rings is 3. The third kappa shape index (κ3) is 4.59. The topological polar surface area (TPSA) is 73.9 Å². The van der Waals surface area contributed by atoms with E-state index in [0.29, 0.717) is 42.0 Å². The molecule has 0 bridgehead atoms. The molecular weight excluding hydrogens is 406 g/mol. The van der Waals surface area contributed by atoms with E-state index < -0.39 is 0 Å². The largest absolute Gasteiger partial charge is 0.493 e.